The lowest BCUT2D eigenvalue weighted by Crippen LogP contribution is -2.38. The lowest BCUT2D eigenvalue weighted by Gasteiger charge is -2.27. The van der Waals surface area contributed by atoms with E-state index in [1.807, 2.05) is 5.38 Å². The van der Waals surface area contributed by atoms with E-state index in [0.717, 1.165) is 17.2 Å². The molecule has 4 nitrogen and oxygen atoms in total. The Bertz CT molecular complexity index is 608. The largest absolute Gasteiger partial charge is 0.486 e. The number of thiazole rings is 1. The summed E-state index contributed by atoms with van der Waals surface area (Å²) < 4.78 is 18.4. The first-order valence-electron chi connectivity index (χ1n) is 7.62. The monoisotopic (exact) mass is 338 g/mol. The van der Waals surface area contributed by atoms with Crippen LogP contribution in [0.2, 0.25) is 0 Å². The highest BCUT2D eigenvalue weighted by Crippen LogP contribution is 2.17. The first-order chi connectivity index (χ1) is 10.9. The van der Waals surface area contributed by atoms with Crippen LogP contribution in [0.25, 0.3) is 0 Å². The van der Waals surface area contributed by atoms with Crippen LogP contribution < -0.4 is 4.74 Å². The van der Waals surface area contributed by atoms with Gasteiger partial charge in [0.05, 0.1) is 11.3 Å². The molecule has 0 saturated heterocycles. The normalized spacial score (nSPS) is 11.9. The molecule has 0 fully saturated rings. The average Bonchev–Trinajstić information content (AvgIpc) is 2.92. The Hall–Kier alpha value is -1.50. The van der Waals surface area contributed by atoms with E-state index >= 15 is 0 Å². The topological polar surface area (TPSA) is 45.6 Å². The average molecular weight is 338 g/mol. The molecule has 0 saturated carbocycles. The van der Waals surface area contributed by atoms with Crippen molar-refractivity contribution in [2.45, 2.75) is 39.5 Å². The first kappa shape index (κ1) is 17.8. The highest BCUT2D eigenvalue weighted by molar-refractivity contribution is 7.09. The van der Waals surface area contributed by atoms with E-state index < -0.39 is 5.60 Å². The maximum absolute atomic E-state index is 12.8. The third-order valence-electron chi connectivity index (χ3n) is 3.22. The molecule has 2 rings (SSSR count). The van der Waals surface area contributed by atoms with Crippen LogP contribution in [0.1, 0.15) is 31.5 Å². The van der Waals surface area contributed by atoms with Crippen molar-refractivity contribution in [3.63, 3.8) is 0 Å². The number of halogens is 1. The zero-order chi connectivity index (χ0) is 16.9. The van der Waals surface area contributed by atoms with Crippen molar-refractivity contribution in [3.05, 3.63) is 46.2 Å². The fourth-order valence-electron chi connectivity index (χ4n) is 2.22. The molecule has 6 heteroatoms. The van der Waals surface area contributed by atoms with Crippen LogP contribution >= 0.6 is 11.3 Å². The fourth-order valence-corrected chi connectivity index (χ4v) is 2.92. The van der Waals surface area contributed by atoms with E-state index in [9.17, 15) is 9.50 Å². The number of likely N-dealkylation sites (N-methyl/N-ethyl adjacent to an activating group) is 1. The van der Waals surface area contributed by atoms with Crippen LogP contribution in [0.4, 0.5) is 4.39 Å². The molecule has 1 aromatic carbocycles. The van der Waals surface area contributed by atoms with Crippen molar-refractivity contribution in [3.8, 4) is 5.75 Å². The summed E-state index contributed by atoms with van der Waals surface area (Å²) in [6.07, 6.45) is 0. The molecular formula is C17H23FN2O2S. The Morgan fingerprint density at radius 2 is 2.00 bits per heavy atom. The highest BCUT2D eigenvalue weighted by atomic mass is 32.1. The first-order valence-corrected chi connectivity index (χ1v) is 8.50. The van der Waals surface area contributed by atoms with Gasteiger partial charge >= 0.3 is 0 Å². The number of benzene rings is 1. The lowest BCUT2D eigenvalue weighted by molar-refractivity contribution is 0.0350. The highest BCUT2D eigenvalue weighted by Gasteiger charge is 2.18. The summed E-state index contributed by atoms with van der Waals surface area (Å²) in [5, 5.41) is 12.8. The van der Waals surface area contributed by atoms with Gasteiger partial charge in [-0.2, -0.15) is 0 Å². The van der Waals surface area contributed by atoms with Crippen LogP contribution in [0, 0.1) is 5.82 Å². The molecule has 0 atom stereocenters. The minimum Gasteiger partial charge on any atom is -0.486 e. The molecule has 23 heavy (non-hydrogen) atoms. The molecule has 0 aliphatic rings. The van der Waals surface area contributed by atoms with Gasteiger partial charge in [-0.1, -0.05) is 6.92 Å². The molecule has 2 aromatic rings. The molecule has 0 aliphatic heterocycles. The molecule has 0 unspecified atom stereocenters. The van der Waals surface area contributed by atoms with Gasteiger partial charge in [0.2, 0.25) is 0 Å². The van der Waals surface area contributed by atoms with E-state index in [4.69, 9.17) is 4.74 Å². The van der Waals surface area contributed by atoms with Crippen molar-refractivity contribution >= 4 is 11.3 Å². The number of hydrogen-bond acceptors (Lipinski definition) is 5. The zero-order valence-corrected chi connectivity index (χ0v) is 14.6. The fraction of sp³-hybridized carbons (Fsp3) is 0.471. The van der Waals surface area contributed by atoms with Gasteiger partial charge in [0, 0.05) is 18.5 Å². The number of rotatable bonds is 8. The summed E-state index contributed by atoms with van der Waals surface area (Å²) in [6.45, 7) is 8.20. The van der Waals surface area contributed by atoms with E-state index in [1.54, 1.807) is 37.3 Å². The molecule has 0 aliphatic carbocycles. The number of ether oxygens (including phenoxy) is 1. The smallest absolute Gasteiger partial charge is 0.140 e. The van der Waals surface area contributed by atoms with Crippen molar-refractivity contribution in [1.82, 2.24) is 9.88 Å². The van der Waals surface area contributed by atoms with Crippen LogP contribution in [0.3, 0.4) is 0 Å². The molecule has 0 bridgehead atoms. The van der Waals surface area contributed by atoms with Gasteiger partial charge in [0.15, 0.2) is 0 Å². The van der Waals surface area contributed by atoms with Gasteiger partial charge in [-0.05, 0) is 44.7 Å². The predicted molar refractivity (Wildman–Crippen MR) is 90.1 cm³/mol. The molecule has 0 spiro atoms. The SMILES string of the molecule is CCN(Cc1csc(COc2ccc(F)cc2)n1)CC(C)(C)O. The van der Waals surface area contributed by atoms with E-state index in [-0.39, 0.29) is 5.82 Å². The lowest BCUT2D eigenvalue weighted by atomic mass is 10.1. The van der Waals surface area contributed by atoms with Crippen LogP contribution in [0.15, 0.2) is 29.6 Å². The Balaban J connectivity index is 1.88. The maximum Gasteiger partial charge on any atom is 0.140 e. The molecule has 1 heterocycles. The van der Waals surface area contributed by atoms with Crippen molar-refractivity contribution in [1.29, 1.82) is 0 Å². The van der Waals surface area contributed by atoms with Gasteiger partial charge in [0.25, 0.3) is 0 Å². The molecular weight excluding hydrogens is 315 g/mol. The molecule has 1 aromatic heterocycles. The van der Waals surface area contributed by atoms with Gasteiger partial charge < -0.3 is 9.84 Å². The quantitative estimate of drug-likeness (QED) is 0.801. The summed E-state index contributed by atoms with van der Waals surface area (Å²) in [5.41, 5.74) is 0.249. The minimum atomic E-state index is -0.722. The minimum absolute atomic E-state index is 0.277. The number of aliphatic hydroxyl groups is 1. The summed E-state index contributed by atoms with van der Waals surface area (Å²) in [6, 6.07) is 5.95. The van der Waals surface area contributed by atoms with Crippen LogP contribution in [0.5, 0.6) is 5.75 Å². The molecule has 0 radical (unpaired) electrons. The van der Waals surface area contributed by atoms with Crippen molar-refractivity contribution in [2.24, 2.45) is 0 Å². The third kappa shape index (κ3) is 6.25. The Morgan fingerprint density at radius 3 is 2.61 bits per heavy atom. The summed E-state index contributed by atoms with van der Waals surface area (Å²) in [5.74, 6) is 0.348. The second kappa shape index (κ2) is 7.86. The molecule has 1 N–H and O–H groups in total. The Labute approximate surface area is 140 Å². The molecule has 0 amide bonds. The molecule has 126 valence electrons. The number of aromatic nitrogens is 1. The van der Waals surface area contributed by atoms with Gasteiger partial charge in [-0.15, -0.1) is 11.3 Å². The van der Waals surface area contributed by atoms with Crippen LogP contribution in [-0.2, 0) is 13.2 Å². The summed E-state index contributed by atoms with van der Waals surface area (Å²) in [4.78, 5) is 6.71. The number of nitrogens with zero attached hydrogens (tertiary/aromatic N) is 2. The van der Waals surface area contributed by atoms with Crippen molar-refractivity contribution in [2.75, 3.05) is 13.1 Å². The third-order valence-corrected chi connectivity index (χ3v) is 4.09. The second-order valence-electron chi connectivity index (χ2n) is 6.09. The summed E-state index contributed by atoms with van der Waals surface area (Å²) in [7, 11) is 0. The van der Waals surface area contributed by atoms with Gasteiger partial charge in [-0.25, -0.2) is 9.37 Å². The number of hydrogen-bond donors (Lipinski definition) is 1. The predicted octanol–water partition coefficient (Wildman–Crippen LogP) is 3.45. The second-order valence-corrected chi connectivity index (χ2v) is 7.03. The zero-order valence-electron chi connectivity index (χ0n) is 13.8. The van der Waals surface area contributed by atoms with E-state index in [1.165, 1.54) is 12.1 Å². The van der Waals surface area contributed by atoms with Gasteiger partial charge in [0.1, 0.15) is 23.2 Å². The van der Waals surface area contributed by atoms with E-state index in [0.29, 0.717) is 25.4 Å². The van der Waals surface area contributed by atoms with Crippen LogP contribution in [-0.4, -0.2) is 33.7 Å². The van der Waals surface area contributed by atoms with E-state index in [2.05, 4.69) is 16.8 Å². The maximum atomic E-state index is 12.8. The van der Waals surface area contributed by atoms with Crippen molar-refractivity contribution < 1.29 is 14.2 Å². The Kier molecular flexibility index (Phi) is 6.10. The van der Waals surface area contributed by atoms with Gasteiger partial charge in [-0.3, -0.25) is 4.90 Å². The standard InChI is InChI=1S/C17H23FN2O2S/c1-4-20(12-17(2,3)21)9-14-11-23-16(19-14)10-22-15-7-5-13(18)6-8-15/h5-8,11,21H,4,9-10,12H2,1-3H3. The summed E-state index contributed by atoms with van der Waals surface area (Å²) >= 11 is 1.54. The Morgan fingerprint density at radius 1 is 1.30 bits per heavy atom.